The molecule has 0 aromatic carbocycles. The summed E-state index contributed by atoms with van der Waals surface area (Å²) in [5, 5.41) is 29.3. The molecule has 3 rings (SSSR count). The van der Waals surface area contributed by atoms with Crippen molar-refractivity contribution in [2.75, 3.05) is 18.9 Å². The van der Waals surface area contributed by atoms with Gasteiger partial charge >= 0.3 is 6.01 Å². The van der Waals surface area contributed by atoms with Gasteiger partial charge in [0.05, 0.1) is 19.5 Å². The van der Waals surface area contributed by atoms with Crippen LogP contribution in [0.1, 0.15) is 26.5 Å². The number of nitrogens with two attached hydrogens (primary N) is 1. The van der Waals surface area contributed by atoms with Crippen molar-refractivity contribution in [1.29, 1.82) is 0 Å². The molecule has 0 bridgehead atoms. The van der Waals surface area contributed by atoms with Crippen LogP contribution in [0.15, 0.2) is 6.33 Å². The molecule has 0 spiro atoms. The zero-order chi connectivity index (χ0) is 18.1. The molecule has 1 fully saturated rings. The first-order chi connectivity index (χ1) is 11.9. The van der Waals surface area contributed by atoms with Gasteiger partial charge in [0.25, 0.3) is 0 Å². The minimum absolute atomic E-state index is 0.110. The summed E-state index contributed by atoms with van der Waals surface area (Å²) in [5.41, 5.74) is 6.58. The van der Waals surface area contributed by atoms with Gasteiger partial charge in [-0.15, -0.1) is 0 Å². The van der Waals surface area contributed by atoms with Crippen LogP contribution in [0.5, 0.6) is 6.01 Å². The van der Waals surface area contributed by atoms with Crippen LogP contribution in [-0.2, 0) is 4.74 Å². The van der Waals surface area contributed by atoms with Gasteiger partial charge in [0.15, 0.2) is 23.2 Å². The molecule has 0 amide bonds. The number of anilines is 1. The van der Waals surface area contributed by atoms with Gasteiger partial charge in [0.2, 0.25) is 0 Å². The van der Waals surface area contributed by atoms with E-state index in [0.717, 1.165) is 6.42 Å². The molecule has 1 aliphatic heterocycles. The standard InChI is InChI=1S/C15H23N5O5/c1-7(2)3-4-24-15-18-12(16)9-13(19-15)20(6-17-9)14-11(23)10(22)8(5-21)25-14/h6-8,10-11,14,21-23H,3-5H2,1-2H3,(H2,16,18,19)/t8-,10-,11-,14?/m0/s1. The largest absolute Gasteiger partial charge is 0.463 e. The third kappa shape index (κ3) is 3.38. The summed E-state index contributed by atoms with van der Waals surface area (Å²) in [4.78, 5) is 12.5. The molecule has 0 aliphatic carbocycles. The Bertz CT molecular complexity index is 736. The van der Waals surface area contributed by atoms with Crippen LogP contribution < -0.4 is 10.5 Å². The number of rotatable bonds is 6. The third-order valence-corrected chi connectivity index (χ3v) is 4.15. The van der Waals surface area contributed by atoms with E-state index >= 15 is 0 Å². The zero-order valence-corrected chi connectivity index (χ0v) is 14.1. The average Bonchev–Trinajstić information content (AvgIpc) is 3.10. The SMILES string of the molecule is CC(C)CCOc1nc(N)c2ncn(C3O[C@@H](CO)[C@H](O)[C@@H]3O)c2n1. The van der Waals surface area contributed by atoms with E-state index in [0.29, 0.717) is 23.7 Å². The summed E-state index contributed by atoms with van der Waals surface area (Å²) in [7, 11) is 0. The molecular formula is C15H23N5O5. The summed E-state index contributed by atoms with van der Waals surface area (Å²) in [6.45, 7) is 4.20. The third-order valence-electron chi connectivity index (χ3n) is 4.15. The lowest BCUT2D eigenvalue weighted by atomic mass is 10.1. The molecule has 0 radical (unpaired) electrons. The second-order valence-electron chi connectivity index (χ2n) is 6.48. The highest BCUT2D eigenvalue weighted by atomic mass is 16.6. The summed E-state index contributed by atoms with van der Waals surface area (Å²) in [5.74, 6) is 0.626. The number of aliphatic hydroxyl groups is 3. The summed E-state index contributed by atoms with van der Waals surface area (Å²) < 4.78 is 12.5. The highest BCUT2D eigenvalue weighted by Crippen LogP contribution is 2.32. The van der Waals surface area contributed by atoms with Crippen LogP contribution in [0.3, 0.4) is 0 Å². The Balaban J connectivity index is 1.90. The Labute approximate surface area is 144 Å². The van der Waals surface area contributed by atoms with Gasteiger partial charge in [0.1, 0.15) is 18.3 Å². The van der Waals surface area contributed by atoms with Gasteiger partial charge in [0, 0.05) is 0 Å². The van der Waals surface area contributed by atoms with E-state index in [1.165, 1.54) is 10.9 Å². The summed E-state index contributed by atoms with van der Waals surface area (Å²) in [6.07, 6.45) is -2.05. The van der Waals surface area contributed by atoms with E-state index in [4.69, 9.17) is 15.2 Å². The predicted octanol–water partition coefficient (Wildman–Crippen LogP) is -0.555. The Morgan fingerprint density at radius 1 is 1.32 bits per heavy atom. The lowest BCUT2D eigenvalue weighted by Crippen LogP contribution is -2.33. The van der Waals surface area contributed by atoms with Gasteiger partial charge in [-0.05, 0) is 12.3 Å². The maximum absolute atomic E-state index is 10.2. The first-order valence-electron chi connectivity index (χ1n) is 8.17. The molecule has 138 valence electrons. The van der Waals surface area contributed by atoms with Crippen molar-refractivity contribution in [2.24, 2.45) is 5.92 Å². The van der Waals surface area contributed by atoms with E-state index in [1.807, 2.05) is 0 Å². The smallest absolute Gasteiger partial charge is 0.320 e. The van der Waals surface area contributed by atoms with Crippen molar-refractivity contribution in [3.05, 3.63) is 6.33 Å². The summed E-state index contributed by atoms with van der Waals surface area (Å²) >= 11 is 0. The molecule has 4 atom stereocenters. The van der Waals surface area contributed by atoms with Gasteiger partial charge in [-0.3, -0.25) is 4.57 Å². The van der Waals surface area contributed by atoms with Gasteiger partial charge in [-0.2, -0.15) is 9.97 Å². The first-order valence-corrected chi connectivity index (χ1v) is 8.17. The van der Waals surface area contributed by atoms with Crippen LogP contribution in [0.2, 0.25) is 0 Å². The topological polar surface area (TPSA) is 149 Å². The number of hydrogen-bond acceptors (Lipinski definition) is 9. The second kappa shape index (κ2) is 7.08. The molecular weight excluding hydrogens is 330 g/mol. The van der Waals surface area contributed by atoms with Crippen LogP contribution in [0.4, 0.5) is 5.82 Å². The molecule has 3 heterocycles. The van der Waals surface area contributed by atoms with Crippen LogP contribution in [0, 0.1) is 5.92 Å². The number of fused-ring (bicyclic) bond motifs is 1. The van der Waals surface area contributed by atoms with Gasteiger partial charge in [-0.25, -0.2) is 4.98 Å². The maximum Gasteiger partial charge on any atom is 0.320 e. The number of hydrogen-bond donors (Lipinski definition) is 4. The highest BCUT2D eigenvalue weighted by Gasteiger charge is 2.44. The lowest BCUT2D eigenvalue weighted by Gasteiger charge is -2.16. The number of aromatic nitrogens is 4. The molecule has 0 saturated carbocycles. The first kappa shape index (κ1) is 17.8. The van der Waals surface area contributed by atoms with Crippen molar-refractivity contribution < 1.29 is 24.8 Å². The molecule has 2 aromatic heterocycles. The van der Waals surface area contributed by atoms with Crippen LogP contribution in [0.25, 0.3) is 11.2 Å². The van der Waals surface area contributed by atoms with Gasteiger partial charge in [-0.1, -0.05) is 13.8 Å². The second-order valence-corrected chi connectivity index (χ2v) is 6.48. The minimum Gasteiger partial charge on any atom is -0.463 e. The Morgan fingerprint density at radius 2 is 2.08 bits per heavy atom. The monoisotopic (exact) mass is 353 g/mol. The maximum atomic E-state index is 10.2. The lowest BCUT2D eigenvalue weighted by molar-refractivity contribution is -0.0511. The quantitative estimate of drug-likeness (QED) is 0.536. The Hall–Kier alpha value is -2.01. The fourth-order valence-corrected chi connectivity index (χ4v) is 2.66. The van der Waals surface area contributed by atoms with Crippen LogP contribution in [-0.4, -0.2) is 66.4 Å². The summed E-state index contributed by atoms with van der Waals surface area (Å²) in [6, 6.07) is 0.110. The fourth-order valence-electron chi connectivity index (χ4n) is 2.66. The minimum atomic E-state index is -1.24. The van der Waals surface area contributed by atoms with Crippen molar-refractivity contribution in [1.82, 2.24) is 19.5 Å². The van der Waals surface area contributed by atoms with E-state index in [2.05, 4.69) is 28.8 Å². The average molecular weight is 353 g/mol. The van der Waals surface area contributed by atoms with E-state index in [-0.39, 0.29) is 11.8 Å². The molecule has 10 heteroatoms. The molecule has 1 saturated heterocycles. The van der Waals surface area contributed by atoms with Gasteiger partial charge < -0.3 is 30.5 Å². The van der Waals surface area contributed by atoms with Crippen LogP contribution >= 0.6 is 0 Å². The number of nitrogen functional groups attached to an aromatic ring is 1. The fraction of sp³-hybridized carbons (Fsp3) is 0.667. The van der Waals surface area contributed by atoms with E-state index in [1.54, 1.807) is 0 Å². The van der Waals surface area contributed by atoms with E-state index in [9.17, 15) is 15.3 Å². The van der Waals surface area contributed by atoms with Crippen molar-refractivity contribution >= 4 is 17.0 Å². The van der Waals surface area contributed by atoms with Crippen molar-refractivity contribution in [3.8, 4) is 6.01 Å². The van der Waals surface area contributed by atoms with Crippen molar-refractivity contribution in [2.45, 2.75) is 44.8 Å². The highest BCUT2D eigenvalue weighted by molar-refractivity contribution is 5.82. The van der Waals surface area contributed by atoms with E-state index < -0.39 is 31.1 Å². The molecule has 10 nitrogen and oxygen atoms in total. The zero-order valence-electron chi connectivity index (χ0n) is 14.1. The number of aliphatic hydroxyl groups excluding tert-OH is 3. The molecule has 1 unspecified atom stereocenters. The molecule has 1 aliphatic rings. The normalized spacial score (nSPS) is 26.6. The number of nitrogens with zero attached hydrogens (tertiary/aromatic N) is 4. The molecule has 25 heavy (non-hydrogen) atoms. The molecule has 2 aromatic rings. The molecule has 5 N–H and O–H groups in total. The number of ether oxygens (including phenoxy) is 2. The number of imidazole rings is 1. The Morgan fingerprint density at radius 3 is 2.72 bits per heavy atom. The van der Waals surface area contributed by atoms with Crippen molar-refractivity contribution in [3.63, 3.8) is 0 Å². The Kier molecular flexibility index (Phi) is 5.04. The predicted molar refractivity (Wildman–Crippen MR) is 87.7 cm³/mol.